The number of nitrogens with one attached hydrogen (secondary N) is 2. The average Bonchev–Trinajstić information content (AvgIpc) is 2.81. The zero-order valence-corrected chi connectivity index (χ0v) is 13.4. The molecule has 1 aromatic rings. The van der Waals surface area contributed by atoms with Crippen molar-refractivity contribution in [1.29, 1.82) is 0 Å². The van der Waals surface area contributed by atoms with E-state index in [4.69, 9.17) is 4.74 Å². The molecule has 1 aromatic heterocycles. The lowest BCUT2D eigenvalue weighted by atomic mass is 10.5. The molecule has 0 aliphatic carbocycles. The summed E-state index contributed by atoms with van der Waals surface area (Å²) in [7, 11) is 1.77. The Kier molecular flexibility index (Phi) is 10.6. The summed E-state index contributed by atoms with van der Waals surface area (Å²) in [5, 5.41) is 8.50. The Morgan fingerprint density at radius 2 is 2.29 bits per heavy atom. The number of ether oxygens (including phenoxy) is 1. The van der Waals surface area contributed by atoms with Gasteiger partial charge in [-0.1, -0.05) is 6.07 Å². The minimum Gasteiger partial charge on any atom is -0.380 e. The SMILES string of the molecule is CCOCCNC(=NC)NCc1cccs1.I. The lowest BCUT2D eigenvalue weighted by Crippen LogP contribution is -2.38. The fourth-order valence-electron chi connectivity index (χ4n) is 1.19. The molecule has 0 radical (unpaired) electrons. The molecule has 0 aromatic carbocycles. The highest BCUT2D eigenvalue weighted by molar-refractivity contribution is 14.0. The molecule has 0 atom stereocenters. The van der Waals surface area contributed by atoms with Crippen molar-refractivity contribution in [2.24, 2.45) is 4.99 Å². The molecule has 2 N–H and O–H groups in total. The normalized spacial score (nSPS) is 10.8. The van der Waals surface area contributed by atoms with Gasteiger partial charge in [0, 0.05) is 25.1 Å². The van der Waals surface area contributed by atoms with Crippen LogP contribution in [0.3, 0.4) is 0 Å². The summed E-state index contributed by atoms with van der Waals surface area (Å²) in [6.07, 6.45) is 0. The first-order valence-corrected chi connectivity index (χ1v) is 6.29. The Labute approximate surface area is 124 Å². The largest absolute Gasteiger partial charge is 0.380 e. The van der Waals surface area contributed by atoms with Gasteiger partial charge in [0.15, 0.2) is 5.96 Å². The molecule has 1 heterocycles. The van der Waals surface area contributed by atoms with Crippen LogP contribution in [0.5, 0.6) is 0 Å². The molecule has 0 bridgehead atoms. The van der Waals surface area contributed by atoms with Gasteiger partial charge >= 0.3 is 0 Å². The zero-order chi connectivity index (χ0) is 11.6. The molecular formula is C11H20IN3OS. The number of thiophene rings is 1. The van der Waals surface area contributed by atoms with Crippen LogP contribution in [-0.2, 0) is 11.3 Å². The number of aliphatic imine (C=N–C) groups is 1. The van der Waals surface area contributed by atoms with Gasteiger partial charge in [0.1, 0.15) is 0 Å². The smallest absolute Gasteiger partial charge is 0.191 e. The second kappa shape index (κ2) is 10.8. The molecular weight excluding hydrogens is 349 g/mol. The summed E-state index contributed by atoms with van der Waals surface area (Å²) >= 11 is 1.74. The van der Waals surface area contributed by atoms with E-state index in [9.17, 15) is 0 Å². The third kappa shape index (κ3) is 7.56. The summed E-state index contributed by atoms with van der Waals surface area (Å²) in [5.74, 6) is 0.813. The monoisotopic (exact) mass is 369 g/mol. The highest BCUT2D eigenvalue weighted by atomic mass is 127. The Balaban J connectivity index is 0.00000256. The first-order chi connectivity index (χ1) is 7.86. The molecule has 0 unspecified atom stereocenters. The van der Waals surface area contributed by atoms with E-state index in [0.717, 1.165) is 25.7 Å². The molecule has 0 saturated carbocycles. The van der Waals surface area contributed by atoms with Crippen molar-refractivity contribution in [2.45, 2.75) is 13.5 Å². The maximum absolute atomic E-state index is 5.24. The first kappa shape index (κ1) is 16.7. The maximum Gasteiger partial charge on any atom is 0.191 e. The topological polar surface area (TPSA) is 45.6 Å². The van der Waals surface area contributed by atoms with E-state index in [1.165, 1.54) is 4.88 Å². The molecule has 0 spiro atoms. The van der Waals surface area contributed by atoms with Gasteiger partial charge in [-0.25, -0.2) is 0 Å². The quantitative estimate of drug-likeness (QED) is 0.349. The fraction of sp³-hybridized carbons (Fsp3) is 0.545. The molecule has 0 amide bonds. The van der Waals surface area contributed by atoms with E-state index >= 15 is 0 Å². The molecule has 0 fully saturated rings. The first-order valence-electron chi connectivity index (χ1n) is 5.41. The molecule has 0 saturated heterocycles. The van der Waals surface area contributed by atoms with Gasteiger partial charge in [0.25, 0.3) is 0 Å². The third-order valence-electron chi connectivity index (χ3n) is 1.98. The van der Waals surface area contributed by atoms with Gasteiger partial charge in [-0.05, 0) is 18.4 Å². The summed E-state index contributed by atoms with van der Waals surface area (Å²) < 4.78 is 5.24. The second-order valence-electron chi connectivity index (χ2n) is 3.13. The van der Waals surface area contributed by atoms with Crippen LogP contribution in [0.1, 0.15) is 11.8 Å². The standard InChI is InChI=1S/C11H19N3OS.HI/c1-3-15-7-6-13-11(12-2)14-9-10-5-4-8-16-10;/h4-5,8H,3,6-7,9H2,1-2H3,(H2,12,13,14);1H. The van der Waals surface area contributed by atoms with Crippen molar-refractivity contribution >= 4 is 41.3 Å². The van der Waals surface area contributed by atoms with Crippen LogP contribution in [0.4, 0.5) is 0 Å². The van der Waals surface area contributed by atoms with Crippen LogP contribution in [0.15, 0.2) is 22.5 Å². The van der Waals surface area contributed by atoms with Crippen molar-refractivity contribution in [3.8, 4) is 0 Å². The van der Waals surface area contributed by atoms with Gasteiger partial charge < -0.3 is 15.4 Å². The molecule has 4 nitrogen and oxygen atoms in total. The highest BCUT2D eigenvalue weighted by Gasteiger charge is 1.97. The highest BCUT2D eigenvalue weighted by Crippen LogP contribution is 2.06. The van der Waals surface area contributed by atoms with Crippen molar-refractivity contribution < 1.29 is 4.74 Å². The Morgan fingerprint density at radius 1 is 1.47 bits per heavy atom. The predicted molar refractivity (Wildman–Crippen MR) is 84.4 cm³/mol. The third-order valence-corrected chi connectivity index (χ3v) is 2.85. The van der Waals surface area contributed by atoms with Crippen molar-refractivity contribution in [2.75, 3.05) is 26.8 Å². The molecule has 17 heavy (non-hydrogen) atoms. The van der Waals surface area contributed by atoms with Gasteiger partial charge in [0.05, 0.1) is 13.2 Å². The molecule has 1 rings (SSSR count). The van der Waals surface area contributed by atoms with E-state index < -0.39 is 0 Å². The summed E-state index contributed by atoms with van der Waals surface area (Å²) in [6, 6.07) is 4.15. The number of rotatable bonds is 6. The minimum atomic E-state index is 0. The average molecular weight is 369 g/mol. The molecule has 98 valence electrons. The zero-order valence-electron chi connectivity index (χ0n) is 10.2. The fourth-order valence-corrected chi connectivity index (χ4v) is 1.84. The van der Waals surface area contributed by atoms with E-state index in [2.05, 4.69) is 27.1 Å². The molecule has 0 aliphatic heterocycles. The van der Waals surface area contributed by atoms with E-state index in [-0.39, 0.29) is 24.0 Å². The summed E-state index contributed by atoms with van der Waals surface area (Å²) in [5.41, 5.74) is 0. The summed E-state index contributed by atoms with van der Waals surface area (Å²) in [4.78, 5) is 5.43. The van der Waals surface area contributed by atoms with Crippen molar-refractivity contribution in [3.63, 3.8) is 0 Å². The lowest BCUT2D eigenvalue weighted by molar-refractivity contribution is 0.152. The van der Waals surface area contributed by atoms with Crippen LogP contribution >= 0.6 is 35.3 Å². The Hall–Kier alpha value is -0.340. The number of halogens is 1. The van der Waals surface area contributed by atoms with Gasteiger partial charge in [-0.3, -0.25) is 4.99 Å². The predicted octanol–water partition coefficient (Wildman–Crippen LogP) is 2.07. The Bertz CT molecular complexity index is 304. The lowest BCUT2D eigenvalue weighted by Gasteiger charge is -2.10. The van der Waals surface area contributed by atoms with Gasteiger partial charge in [-0.2, -0.15) is 0 Å². The van der Waals surface area contributed by atoms with E-state index in [1.807, 2.05) is 13.0 Å². The van der Waals surface area contributed by atoms with Gasteiger partial charge in [0.2, 0.25) is 0 Å². The van der Waals surface area contributed by atoms with Crippen LogP contribution in [0, 0.1) is 0 Å². The van der Waals surface area contributed by atoms with Crippen molar-refractivity contribution in [1.82, 2.24) is 10.6 Å². The molecule has 6 heteroatoms. The van der Waals surface area contributed by atoms with Gasteiger partial charge in [-0.15, -0.1) is 35.3 Å². The minimum absolute atomic E-state index is 0. The number of nitrogens with zero attached hydrogens (tertiary/aromatic N) is 1. The molecule has 0 aliphatic rings. The van der Waals surface area contributed by atoms with E-state index in [1.54, 1.807) is 18.4 Å². The number of hydrogen-bond donors (Lipinski definition) is 2. The van der Waals surface area contributed by atoms with Crippen LogP contribution in [0.25, 0.3) is 0 Å². The summed E-state index contributed by atoms with van der Waals surface area (Å²) in [6.45, 7) is 5.03. The van der Waals surface area contributed by atoms with E-state index in [0.29, 0.717) is 6.61 Å². The second-order valence-corrected chi connectivity index (χ2v) is 4.16. The van der Waals surface area contributed by atoms with Crippen LogP contribution in [-0.4, -0.2) is 32.8 Å². The van der Waals surface area contributed by atoms with Crippen LogP contribution in [0.2, 0.25) is 0 Å². The van der Waals surface area contributed by atoms with Crippen LogP contribution < -0.4 is 10.6 Å². The maximum atomic E-state index is 5.24. The number of guanidine groups is 1. The number of hydrogen-bond acceptors (Lipinski definition) is 3. The van der Waals surface area contributed by atoms with Crippen molar-refractivity contribution in [3.05, 3.63) is 22.4 Å². The Morgan fingerprint density at radius 3 is 2.88 bits per heavy atom.